The molecule has 136 valence electrons. The topological polar surface area (TPSA) is 26.3 Å². The van der Waals surface area contributed by atoms with Gasteiger partial charge in [0.15, 0.2) is 6.10 Å². The molecular weight excluding hydrogens is 344 g/mol. The zero-order valence-electron chi connectivity index (χ0n) is 15.4. The van der Waals surface area contributed by atoms with Crippen LogP contribution >= 0.6 is 0 Å². The van der Waals surface area contributed by atoms with Gasteiger partial charge < -0.3 is 4.74 Å². The van der Waals surface area contributed by atoms with E-state index in [-0.39, 0.29) is 5.78 Å². The van der Waals surface area contributed by atoms with E-state index in [2.05, 4.69) is 0 Å². The summed E-state index contributed by atoms with van der Waals surface area (Å²) >= 11 is 0. The first-order valence-electron chi connectivity index (χ1n) is 9.28. The number of ketones is 1. The van der Waals surface area contributed by atoms with Gasteiger partial charge in [0, 0.05) is 11.1 Å². The van der Waals surface area contributed by atoms with Crippen LogP contribution in [0.4, 0.5) is 0 Å². The summed E-state index contributed by atoms with van der Waals surface area (Å²) in [5, 5.41) is 0. The van der Waals surface area contributed by atoms with Gasteiger partial charge in [-0.1, -0.05) is 103 Å². The van der Waals surface area contributed by atoms with Gasteiger partial charge in [-0.15, -0.1) is 0 Å². The molecule has 28 heavy (non-hydrogen) atoms. The molecule has 1 atom stereocenters. The molecule has 4 rings (SSSR count). The molecule has 0 saturated heterocycles. The Balaban J connectivity index is 1.77. The van der Waals surface area contributed by atoms with Gasteiger partial charge in [-0.25, -0.2) is 0 Å². The first-order valence-corrected chi connectivity index (χ1v) is 9.28. The summed E-state index contributed by atoms with van der Waals surface area (Å²) in [6, 6.07) is 36.8. The summed E-state index contributed by atoms with van der Waals surface area (Å²) in [5.41, 5.74) is 3.40. The van der Waals surface area contributed by atoms with Gasteiger partial charge in [-0.05, 0) is 23.3 Å². The van der Waals surface area contributed by atoms with Gasteiger partial charge in [-0.3, -0.25) is 4.79 Å². The molecule has 0 radical (unpaired) electrons. The molecule has 0 heterocycles. The molecule has 0 aromatic heterocycles. The predicted molar refractivity (Wildman–Crippen MR) is 112 cm³/mol. The molecule has 4 aromatic rings. The van der Waals surface area contributed by atoms with E-state index in [9.17, 15) is 4.79 Å². The Hall–Kier alpha value is -3.65. The molecule has 2 nitrogen and oxygen atoms in total. The number of hydrogen-bond donors (Lipinski definition) is 0. The zero-order valence-corrected chi connectivity index (χ0v) is 15.4. The third-order valence-electron chi connectivity index (χ3n) is 4.61. The van der Waals surface area contributed by atoms with Crippen molar-refractivity contribution in [1.29, 1.82) is 0 Å². The third kappa shape index (κ3) is 3.86. The Bertz CT molecular complexity index is 1040. The van der Waals surface area contributed by atoms with Crippen molar-refractivity contribution in [2.45, 2.75) is 6.10 Å². The van der Waals surface area contributed by atoms with Crippen LogP contribution in [0.5, 0.6) is 5.75 Å². The SMILES string of the molecule is O=C(c1ccccc1-c1ccccc1)C(Oc1ccccc1)c1ccccc1. The normalized spacial score (nSPS) is 11.6. The van der Waals surface area contributed by atoms with E-state index in [1.807, 2.05) is 115 Å². The first kappa shape index (κ1) is 17.7. The molecule has 0 aliphatic carbocycles. The number of para-hydroxylation sites is 1. The number of carbonyl (C=O) groups is 1. The Kier molecular flexibility index (Phi) is 5.30. The first-order chi connectivity index (χ1) is 13.8. The molecule has 4 aromatic carbocycles. The van der Waals surface area contributed by atoms with Crippen LogP contribution in [-0.2, 0) is 0 Å². The van der Waals surface area contributed by atoms with Crippen LogP contribution in [0.1, 0.15) is 22.0 Å². The maximum Gasteiger partial charge on any atom is 0.208 e. The number of Topliss-reactive ketones (excluding diaryl/α,β-unsaturated/α-hetero) is 1. The van der Waals surface area contributed by atoms with Crippen molar-refractivity contribution in [2.24, 2.45) is 0 Å². The zero-order chi connectivity index (χ0) is 19.2. The smallest absolute Gasteiger partial charge is 0.208 e. The monoisotopic (exact) mass is 364 g/mol. The summed E-state index contributed by atoms with van der Waals surface area (Å²) in [7, 11) is 0. The minimum Gasteiger partial charge on any atom is -0.478 e. The molecule has 0 fully saturated rings. The van der Waals surface area contributed by atoms with Crippen molar-refractivity contribution in [2.75, 3.05) is 0 Å². The third-order valence-corrected chi connectivity index (χ3v) is 4.61. The summed E-state index contributed by atoms with van der Waals surface area (Å²) in [4.78, 5) is 13.6. The average molecular weight is 364 g/mol. The van der Waals surface area contributed by atoms with Gasteiger partial charge in [0.05, 0.1) is 0 Å². The number of benzene rings is 4. The van der Waals surface area contributed by atoms with E-state index < -0.39 is 6.10 Å². The quantitative estimate of drug-likeness (QED) is 0.372. The van der Waals surface area contributed by atoms with Crippen LogP contribution in [-0.4, -0.2) is 5.78 Å². The lowest BCUT2D eigenvalue weighted by Crippen LogP contribution is -2.20. The van der Waals surface area contributed by atoms with Gasteiger partial charge in [-0.2, -0.15) is 0 Å². The number of ether oxygens (including phenoxy) is 1. The standard InChI is InChI=1S/C26H20O2/c27-25(24-19-11-10-18-23(24)20-12-4-1-5-13-20)26(21-14-6-2-7-15-21)28-22-16-8-3-9-17-22/h1-19,26H. The van der Waals surface area contributed by atoms with Gasteiger partial charge in [0.2, 0.25) is 5.78 Å². The second kappa shape index (κ2) is 8.36. The Morgan fingerprint density at radius 2 is 1.14 bits per heavy atom. The Morgan fingerprint density at radius 3 is 1.82 bits per heavy atom. The average Bonchev–Trinajstić information content (AvgIpc) is 2.79. The molecule has 0 N–H and O–H groups in total. The molecule has 0 saturated carbocycles. The fourth-order valence-electron chi connectivity index (χ4n) is 3.24. The van der Waals surface area contributed by atoms with E-state index in [1.165, 1.54) is 0 Å². The fraction of sp³-hybridized carbons (Fsp3) is 0.0385. The van der Waals surface area contributed by atoms with Crippen LogP contribution in [0.25, 0.3) is 11.1 Å². The van der Waals surface area contributed by atoms with E-state index in [0.717, 1.165) is 16.7 Å². The van der Waals surface area contributed by atoms with Crippen molar-refractivity contribution in [1.82, 2.24) is 0 Å². The number of rotatable bonds is 6. The van der Waals surface area contributed by atoms with Gasteiger partial charge in [0.25, 0.3) is 0 Å². The van der Waals surface area contributed by atoms with E-state index >= 15 is 0 Å². The molecule has 0 spiro atoms. The van der Waals surface area contributed by atoms with Crippen molar-refractivity contribution in [3.05, 3.63) is 126 Å². The molecule has 0 amide bonds. The minimum atomic E-state index is -0.714. The van der Waals surface area contributed by atoms with Gasteiger partial charge in [0.1, 0.15) is 5.75 Å². The Labute approximate surface area is 165 Å². The molecule has 0 aliphatic rings. The molecule has 2 heteroatoms. The predicted octanol–water partition coefficient (Wildman–Crippen LogP) is 6.36. The highest BCUT2D eigenvalue weighted by molar-refractivity contribution is 6.05. The lowest BCUT2D eigenvalue weighted by molar-refractivity contribution is 0.0793. The van der Waals surface area contributed by atoms with Crippen molar-refractivity contribution in [3.63, 3.8) is 0 Å². The van der Waals surface area contributed by atoms with Crippen LogP contribution in [0, 0.1) is 0 Å². The maximum atomic E-state index is 13.6. The largest absolute Gasteiger partial charge is 0.478 e. The van der Waals surface area contributed by atoms with Gasteiger partial charge >= 0.3 is 0 Å². The Morgan fingerprint density at radius 1 is 0.607 bits per heavy atom. The van der Waals surface area contributed by atoms with E-state index in [4.69, 9.17) is 4.74 Å². The molecular formula is C26H20O2. The minimum absolute atomic E-state index is 0.0606. The van der Waals surface area contributed by atoms with Crippen LogP contribution in [0.3, 0.4) is 0 Å². The lowest BCUT2D eigenvalue weighted by Gasteiger charge is -2.20. The second-order valence-electron chi connectivity index (χ2n) is 6.50. The maximum absolute atomic E-state index is 13.6. The summed E-state index contributed by atoms with van der Waals surface area (Å²) in [6.45, 7) is 0. The lowest BCUT2D eigenvalue weighted by atomic mass is 9.92. The molecule has 1 unspecified atom stereocenters. The summed E-state index contributed by atoms with van der Waals surface area (Å²) in [6.07, 6.45) is -0.714. The molecule has 0 bridgehead atoms. The summed E-state index contributed by atoms with van der Waals surface area (Å²) < 4.78 is 6.16. The van der Waals surface area contributed by atoms with E-state index in [0.29, 0.717) is 11.3 Å². The van der Waals surface area contributed by atoms with Crippen LogP contribution in [0.15, 0.2) is 115 Å². The van der Waals surface area contributed by atoms with Crippen LogP contribution < -0.4 is 4.74 Å². The highest BCUT2D eigenvalue weighted by atomic mass is 16.5. The molecule has 0 aliphatic heterocycles. The fourth-order valence-corrected chi connectivity index (χ4v) is 3.24. The number of hydrogen-bond acceptors (Lipinski definition) is 2. The number of carbonyl (C=O) groups excluding carboxylic acids is 1. The van der Waals surface area contributed by atoms with Crippen molar-refractivity contribution >= 4 is 5.78 Å². The second-order valence-corrected chi connectivity index (χ2v) is 6.50. The van der Waals surface area contributed by atoms with Crippen LogP contribution in [0.2, 0.25) is 0 Å². The highest BCUT2D eigenvalue weighted by Crippen LogP contribution is 2.30. The highest BCUT2D eigenvalue weighted by Gasteiger charge is 2.26. The summed E-state index contributed by atoms with van der Waals surface area (Å²) in [5.74, 6) is 0.608. The van der Waals surface area contributed by atoms with Crippen molar-refractivity contribution < 1.29 is 9.53 Å². The van der Waals surface area contributed by atoms with E-state index in [1.54, 1.807) is 0 Å². The van der Waals surface area contributed by atoms with Crippen molar-refractivity contribution in [3.8, 4) is 16.9 Å².